The van der Waals surface area contributed by atoms with Gasteiger partial charge in [0, 0.05) is 39.0 Å². The first kappa shape index (κ1) is 21.4. The second-order valence-electron chi connectivity index (χ2n) is 6.71. The van der Waals surface area contributed by atoms with Crippen LogP contribution in [-0.2, 0) is 22.8 Å². The molecule has 0 radical (unpaired) electrons. The molecule has 2 N–H and O–H groups in total. The highest BCUT2D eigenvalue weighted by molar-refractivity contribution is 7.90. The molecular weight excluding hydrogens is 404 g/mol. The molecule has 158 valence electrons. The number of nitrogens with zero attached hydrogens (tertiary/aromatic N) is 4. The predicted octanol–water partition coefficient (Wildman–Crippen LogP) is 1.75. The van der Waals surface area contributed by atoms with Crippen LogP contribution in [0.25, 0.3) is 11.6 Å². The number of aliphatic imine (C=N–C) groups is 1. The highest BCUT2D eigenvalue weighted by Gasteiger charge is 2.11. The van der Waals surface area contributed by atoms with Crippen LogP contribution in [0.5, 0.6) is 0 Å². The molecule has 0 bridgehead atoms. The van der Waals surface area contributed by atoms with Crippen molar-refractivity contribution in [2.24, 2.45) is 4.99 Å². The van der Waals surface area contributed by atoms with Gasteiger partial charge in [0.15, 0.2) is 21.6 Å². The standard InChI is InChI=1S/C20H24N6O3S/c1-14-12-15(7-8-17(14)30(3,27)28)13-24-20(21-2)23-11-9-18-25-19(29-26-18)16-6-4-5-10-22-16/h4-8,10,12H,9,11,13H2,1-3H3,(H2,21,23,24). The normalized spacial score (nSPS) is 12.0. The van der Waals surface area contributed by atoms with E-state index in [4.69, 9.17) is 4.52 Å². The molecule has 30 heavy (non-hydrogen) atoms. The molecule has 0 atom stereocenters. The first-order valence-electron chi connectivity index (χ1n) is 9.35. The van der Waals surface area contributed by atoms with Crippen molar-refractivity contribution >= 4 is 15.8 Å². The van der Waals surface area contributed by atoms with Crippen LogP contribution in [0.2, 0.25) is 0 Å². The molecule has 0 unspecified atom stereocenters. The topological polar surface area (TPSA) is 122 Å². The summed E-state index contributed by atoms with van der Waals surface area (Å²) in [6.45, 7) is 2.86. The van der Waals surface area contributed by atoms with Crippen LogP contribution in [0.3, 0.4) is 0 Å². The van der Waals surface area contributed by atoms with Gasteiger partial charge >= 0.3 is 0 Å². The molecule has 0 aliphatic carbocycles. The number of rotatable bonds is 7. The van der Waals surface area contributed by atoms with Crippen LogP contribution >= 0.6 is 0 Å². The molecule has 0 spiro atoms. The number of sulfone groups is 1. The van der Waals surface area contributed by atoms with Gasteiger partial charge in [0.2, 0.25) is 0 Å². The molecular formula is C20H24N6O3S. The highest BCUT2D eigenvalue weighted by Crippen LogP contribution is 2.16. The molecule has 0 fully saturated rings. The summed E-state index contributed by atoms with van der Waals surface area (Å²) >= 11 is 0. The fourth-order valence-corrected chi connectivity index (χ4v) is 3.84. The second-order valence-corrected chi connectivity index (χ2v) is 8.69. The number of hydrogen-bond donors (Lipinski definition) is 2. The average Bonchev–Trinajstić information content (AvgIpc) is 3.19. The molecule has 0 aliphatic heterocycles. The number of pyridine rings is 1. The molecule has 0 saturated carbocycles. The van der Waals surface area contributed by atoms with E-state index < -0.39 is 9.84 Å². The lowest BCUT2D eigenvalue weighted by molar-refractivity contribution is 0.421. The minimum Gasteiger partial charge on any atom is -0.356 e. The second kappa shape index (κ2) is 9.49. The third-order valence-electron chi connectivity index (χ3n) is 4.32. The third kappa shape index (κ3) is 5.63. The molecule has 0 amide bonds. The maximum atomic E-state index is 11.7. The largest absolute Gasteiger partial charge is 0.356 e. The van der Waals surface area contributed by atoms with Crippen LogP contribution in [0, 0.1) is 6.92 Å². The van der Waals surface area contributed by atoms with Gasteiger partial charge in [-0.2, -0.15) is 4.98 Å². The van der Waals surface area contributed by atoms with Gasteiger partial charge in [-0.05, 0) is 36.2 Å². The number of hydrogen-bond acceptors (Lipinski definition) is 7. The predicted molar refractivity (Wildman–Crippen MR) is 114 cm³/mol. The van der Waals surface area contributed by atoms with Crippen LogP contribution in [0.1, 0.15) is 17.0 Å². The Morgan fingerprint density at radius 2 is 2.03 bits per heavy atom. The number of guanidine groups is 1. The molecule has 10 heteroatoms. The zero-order valence-corrected chi connectivity index (χ0v) is 17.9. The molecule has 0 saturated heterocycles. The van der Waals surface area contributed by atoms with Crippen LogP contribution in [-0.4, -0.2) is 49.4 Å². The maximum Gasteiger partial charge on any atom is 0.276 e. The summed E-state index contributed by atoms with van der Waals surface area (Å²) in [5, 5.41) is 10.4. The van der Waals surface area contributed by atoms with Crippen LogP contribution in [0.4, 0.5) is 0 Å². The summed E-state index contributed by atoms with van der Waals surface area (Å²) in [5.74, 6) is 1.58. The monoisotopic (exact) mass is 428 g/mol. The molecule has 3 rings (SSSR count). The molecule has 3 aromatic rings. The Kier molecular flexibility index (Phi) is 6.78. The van der Waals surface area contributed by atoms with E-state index in [1.165, 1.54) is 6.26 Å². The SMILES string of the molecule is CN=C(NCCc1noc(-c2ccccn2)n1)NCc1ccc(S(C)(=O)=O)c(C)c1. The Bertz CT molecular complexity index is 1130. The van der Waals surface area contributed by atoms with Crippen molar-refractivity contribution in [2.45, 2.75) is 24.8 Å². The van der Waals surface area contributed by atoms with E-state index in [1.54, 1.807) is 32.3 Å². The van der Waals surface area contributed by atoms with E-state index in [-0.39, 0.29) is 0 Å². The van der Waals surface area contributed by atoms with Gasteiger partial charge in [0.1, 0.15) is 5.69 Å². The van der Waals surface area contributed by atoms with Gasteiger partial charge in [0.05, 0.1) is 4.90 Å². The summed E-state index contributed by atoms with van der Waals surface area (Å²) in [7, 11) is -1.54. The number of benzene rings is 1. The van der Waals surface area contributed by atoms with Gasteiger partial charge in [-0.1, -0.05) is 23.4 Å². The van der Waals surface area contributed by atoms with Crippen molar-refractivity contribution in [3.63, 3.8) is 0 Å². The van der Waals surface area contributed by atoms with E-state index >= 15 is 0 Å². The fourth-order valence-electron chi connectivity index (χ4n) is 2.89. The van der Waals surface area contributed by atoms with Crippen molar-refractivity contribution in [3.05, 3.63) is 59.5 Å². The number of nitrogens with one attached hydrogen (secondary N) is 2. The number of aromatic nitrogens is 3. The van der Waals surface area contributed by atoms with Crippen LogP contribution < -0.4 is 10.6 Å². The van der Waals surface area contributed by atoms with Gasteiger partial charge in [-0.15, -0.1) is 0 Å². The Morgan fingerprint density at radius 3 is 2.70 bits per heavy atom. The molecule has 2 heterocycles. The smallest absolute Gasteiger partial charge is 0.276 e. The zero-order valence-electron chi connectivity index (χ0n) is 17.1. The Morgan fingerprint density at radius 1 is 1.20 bits per heavy atom. The minimum absolute atomic E-state index is 0.346. The summed E-state index contributed by atoms with van der Waals surface area (Å²) in [5.41, 5.74) is 2.32. The Balaban J connectivity index is 1.50. The summed E-state index contributed by atoms with van der Waals surface area (Å²) < 4.78 is 28.7. The van der Waals surface area contributed by atoms with E-state index in [2.05, 4.69) is 30.8 Å². The lowest BCUT2D eigenvalue weighted by atomic mass is 10.1. The van der Waals surface area contributed by atoms with Crippen molar-refractivity contribution in [1.82, 2.24) is 25.8 Å². The lowest BCUT2D eigenvalue weighted by Gasteiger charge is -2.12. The first-order valence-corrected chi connectivity index (χ1v) is 11.2. The fraction of sp³-hybridized carbons (Fsp3) is 0.300. The van der Waals surface area contributed by atoms with Crippen molar-refractivity contribution in [3.8, 4) is 11.6 Å². The summed E-state index contributed by atoms with van der Waals surface area (Å²) in [6.07, 6.45) is 3.44. The van der Waals surface area contributed by atoms with E-state index in [1.807, 2.05) is 24.3 Å². The average molecular weight is 429 g/mol. The van der Waals surface area contributed by atoms with Crippen molar-refractivity contribution < 1.29 is 12.9 Å². The van der Waals surface area contributed by atoms with Gasteiger partial charge in [-0.25, -0.2) is 8.42 Å². The Labute approximate surface area is 175 Å². The van der Waals surface area contributed by atoms with E-state index in [0.29, 0.717) is 47.8 Å². The molecule has 0 aliphatic rings. The third-order valence-corrected chi connectivity index (χ3v) is 5.57. The first-order chi connectivity index (χ1) is 14.4. The van der Waals surface area contributed by atoms with Crippen molar-refractivity contribution in [2.75, 3.05) is 19.8 Å². The summed E-state index contributed by atoms with van der Waals surface area (Å²) in [6, 6.07) is 10.8. The Hall–Kier alpha value is -3.27. The molecule has 9 nitrogen and oxygen atoms in total. The van der Waals surface area contributed by atoms with E-state index in [0.717, 1.165) is 11.1 Å². The zero-order chi connectivity index (χ0) is 21.6. The van der Waals surface area contributed by atoms with E-state index in [9.17, 15) is 8.42 Å². The van der Waals surface area contributed by atoms with Crippen molar-refractivity contribution in [1.29, 1.82) is 0 Å². The summed E-state index contributed by atoms with van der Waals surface area (Å²) in [4.78, 5) is 13.1. The van der Waals surface area contributed by atoms with Crippen LogP contribution in [0.15, 0.2) is 57.0 Å². The van der Waals surface area contributed by atoms with Gasteiger partial charge in [0.25, 0.3) is 5.89 Å². The maximum absolute atomic E-state index is 11.7. The van der Waals surface area contributed by atoms with Gasteiger partial charge in [-0.3, -0.25) is 9.98 Å². The quantitative estimate of drug-likeness (QED) is 0.431. The minimum atomic E-state index is -3.22. The highest BCUT2D eigenvalue weighted by atomic mass is 32.2. The molecule has 1 aromatic carbocycles. The number of aryl methyl sites for hydroxylation is 1. The van der Waals surface area contributed by atoms with Gasteiger partial charge < -0.3 is 15.2 Å². The lowest BCUT2D eigenvalue weighted by Crippen LogP contribution is -2.38. The molecule has 2 aromatic heterocycles.